The fraction of sp³-hybridized carbons (Fsp3) is 0.444. The van der Waals surface area contributed by atoms with Crippen LogP contribution in [0.4, 0.5) is 5.95 Å². The van der Waals surface area contributed by atoms with Crippen molar-refractivity contribution in [2.45, 2.75) is 12.5 Å². The molecule has 6 heteroatoms. The molecule has 0 spiro atoms. The van der Waals surface area contributed by atoms with Gasteiger partial charge in [-0.25, -0.2) is 9.97 Å². The Morgan fingerprint density at radius 1 is 1.47 bits per heavy atom. The molecule has 2 aromatic rings. The number of aromatic nitrogens is 3. The second kappa shape index (κ2) is 3.47. The van der Waals surface area contributed by atoms with Crippen LogP contribution < -0.4 is 10.6 Å². The van der Waals surface area contributed by atoms with E-state index in [1.165, 1.54) is 6.39 Å². The second-order valence-electron chi connectivity index (χ2n) is 3.57. The summed E-state index contributed by atoms with van der Waals surface area (Å²) in [6, 6.07) is 0.408. The Bertz CT molecular complexity index is 462. The van der Waals surface area contributed by atoms with Crippen LogP contribution in [-0.4, -0.2) is 34.1 Å². The second-order valence-corrected chi connectivity index (χ2v) is 3.57. The average Bonchev–Trinajstić information content (AvgIpc) is 2.87. The van der Waals surface area contributed by atoms with Gasteiger partial charge in [-0.3, -0.25) is 0 Å². The van der Waals surface area contributed by atoms with Crippen LogP contribution in [-0.2, 0) is 0 Å². The topological polar surface area (TPSA) is 75.9 Å². The third-order valence-electron chi connectivity index (χ3n) is 2.49. The van der Waals surface area contributed by atoms with Gasteiger partial charge in [0.15, 0.2) is 6.39 Å². The summed E-state index contributed by atoms with van der Waals surface area (Å²) in [6.45, 7) is 2.00. The summed E-state index contributed by atoms with van der Waals surface area (Å²) < 4.78 is 5.11. The molecule has 1 aliphatic heterocycles. The summed E-state index contributed by atoms with van der Waals surface area (Å²) in [7, 11) is 0. The highest BCUT2D eigenvalue weighted by Crippen LogP contribution is 2.12. The predicted octanol–water partition coefficient (Wildman–Crippen LogP) is 0.392. The fourth-order valence-corrected chi connectivity index (χ4v) is 1.70. The molecule has 0 aromatic carbocycles. The minimum Gasteiger partial charge on any atom is -0.425 e. The highest BCUT2D eigenvalue weighted by Gasteiger charge is 2.15. The van der Waals surface area contributed by atoms with Crippen molar-refractivity contribution in [2.75, 3.05) is 18.4 Å². The molecule has 78 valence electrons. The molecule has 3 rings (SSSR count). The minimum absolute atomic E-state index is 0.408. The quantitative estimate of drug-likeness (QED) is 0.738. The molecule has 1 unspecified atom stereocenters. The lowest BCUT2D eigenvalue weighted by Gasteiger charge is -2.09. The van der Waals surface area contributed by atoms with Crippen molar-refractivity contribution in [1.29, 1.82) is 0 Å². The van der Waals surface area contributed by atoms with Crippen LogP contribution in [0.2, 0.25) is 0 Å². The van der Waals surface area contributed by atoms with E-state index in [0.717, 1.165) is 19.5 Å². The maximum absolute atomic E-state index is 5.11. The van der Waals surface area contributed by atoms with Crippen molar-refractivity contribution in [1.82, 2.24) is 20.3 Å². The number of rotatable bonds is 2. The smallest absolute Gasteiger partial charge is 0.251 e. The summed E-state index contributed by atoms with van der Waals surface area (Å²) in [6.07, 6.45) is 4.13. The lowest BCUT2D eigenvalue weighted by atomic mass is 10.3. The number of fused-ring (bicyclic) bond motifs is 1. The Labute approximate surface area is 86.1 Å². The van der Waals surface area contributed by atoms with Crippen molar-refractivity contribution in [3.63, 3.8) is 0 Å². The van der Waals surface area contributed by atoms with Gasteiger partial charge in [0.2, 0.25) is 5.95 Å². The maximum atomic E-state index is 5.11. The number of anilines is 1. The standard InChI is InChI=1S/C9H11N5O/c1-2-10-3-6(1)13-9-11-4-7-8(14-9)15-5-12-7/h4-6,10H,1-3H2,(H,11,13,14). The SMILES string of the molecule is c1nc2cnc(NC3CCNC3)nc2o1. The van der Waals surface area contributed by atoms with Crippen molar-refractivity contribution in [3.8, 4) is 0 Å². The van der Waals surface area contributed by atoms with Gasteiger partial charge in [0.05, 0.1) is 6.20 Å². The van der Waals surface area contributed by atoms with E-state index < -0.39 is 0 Å². The van der Waals surface area contributed by atoms with Gasteiger partial charge in [-0.05, 0) is 13.0 Å². The van der Waals surface area contributed by atoms with E-state index in [1.807, 2.05) is 0 Å². The molecular formula is C9H11N5O. The molecule has 1 fully saturated rings. The highest BCUT2D eigenvalue weighted by molar-refractivity contribution is 5.67. The molecule has 0 bridgehead atoms. The molecule has 2 N–H and O–H groups in total. The third-order valence-corrected chi connectivity index (χ3v) is 2.49. The predicted molar refractivity (Wildman–Crippen MR) is 54.5 cm³/mol. The molecule has 15 heavy (non-hydrogen) atoms. The van der Waals surface area contributed by atoms with Gasteiger partial charge in [-0.2, -0.15) is 4.98 Å². The van der Waals surface area contributed by atoms with Gasteiger partial charge in [0.25, 0.3) is 5.71 Å². The van der Waals surface area contributed by atoms with Crippen LogP contribution in [0.15, 0.2) is 17.0 Å². The van der Waals surface area contributed by atoms with Crippen molar-refractivity contribution in [3.05, 3.63) is 12.6 Å². The first-order chi connectivity index (χ1) is 7.42. The maximum Gasteiger partial charge on any atom is 0.251 e. The molecule has 1 aliphatic rings. The van der Waals surface area contributed by atoms with E-state index >= 15 is 0 Å². The molecule has 2 aromatic heterocycles. The number of nitrogens with one attached hydrogen (secondary N) is 2. The summed E-state index contributed by atoms with van der Waals surface area (Å²) in [5, 5.41) is 6.52. The van der Waals surface area contributed by atoms with Gasteiger partial charge in [0, 0.05) is 12.6 Å². The van der Waals surface area contributed by atoms with Crippen molar-refractivity contribution >= 4 is 17.2 Å². The molecule has 0 amide bonds. The summed E-state index contributed by atoms with van der Waals surface area (Å²) >= 11 is 0. The number of hydrogen-bond donors (Lipinski definition) is 2. The van der Waals surface area contributed by atoms with Gasteiger partial charge in [0.1, 0.15) is 5.52 Å². The van der Waals surface area contributed by atoms with Gasteiger partial charge in [-0.15, -0.1) is 0 Å². The van der Waals surface area contributed by atoms with E-state index in [-0.39, 0.29) is 0 Å². The average molecular weight is 205 g/mol. The number of nitrogens with zero attached hydrogens (tertiary/aromatic N) is 3. The van der Waals surface area contributed by atoms with Crippen LogP contribution >= 0.6 is 0 Å². The largest absolute Gasteiger partial charge is 0.425 e. The Balaban J connectivity index is 1.84. The molecule has 1 saturated heterocycles. The van der Waals surface area contributed by atoms with Crippen molar-refractivity contribution < 1.29 is 4.42 Å². The van der Waals surface area contributed by atoms with Crippen LogP contribution in [0.5, 0.6) is 0 Å². The summed E-state index contributed by atoms with van der Waals surface area (Å²) in [5.74, 6) is 0.605. The molecule has 0 saturated carbocycles. The summed E-state index contributed by atoms with van der Waals surface area (Å²) in [5.41, 5.74) is 1.21. The van der Waals surface area contributed by atoms with Gasteiger partial charge >= 0.3 is 0 Å². The first-order valence-electron chi connectivity index (χ1n) is 4.95. The Hall–Kier alpha value is -1.69. The molecular weight excluding hydrogens is 194 g/mol. The highest BCUT2D eigenvalue weighted by atomic mass is 16.3. The van der Waals surface area contributed by atoms with Crippen LogP contribution in [0.1, 0.15) is 6.42 Å². The van der Waals surface area contributed by atoms with Gasteiger partial charge in [-0.1, -0.05) is 0 Å². The van der Waals surface area contributed by atoms with Crippen molar-refractivity contribution in [2.24, 2.45) is 0 Å². The van der Waals surface area contributed by atoms with E-state index in [4.69, 9.17) is 4.42 Å². The Morgan fingerprint density at radius 3 is 3.33 bits per heavy atom. The molecule has 0 aliphatic carbocycles. The third kappa shape index (κ3) is 1.63. The van der Waals surface area contributed by atoms with E-state index in [2.05, 4.69) is 25.6 Å². The zero-order chi connectivity index (χ0) is 10.1. The van der Waals surface area contributed by atoms with Crippen LogP contribution in [0, 0.1) is 0 Å². The first-order valence-corrected chi connectivity index (χ1v) is 4.95. The number of oxazole rings is 1. The first kappa shape index (κ1) is 8.60. The van der Waals surface area contributed by atoms with E-state index in [0.29, 0.717) is 23.2 Å². The molecule has 1 atom stereocenters. The number of hydrogen-bond acceptors (Lipinski definition) is 6. The monoisotopic (exact) mass is 205 g/mol. The van der Waals surface area contributed by atoms with E-state index in [1.54, 1.807) is 6.20 Å². The lowest BCUT2D eigenvalue weighted by molar-refractivity contribution is 0.590. The zero-order valence-corrected chi connectivity index (χ0v) is 8.10. The molecule has 6 nitrogen and oxygen atoms in total. The minimum atomic E-state index is 0.408. The molecule has 3 heterocycles. The van der Waals surface area contributed by atoms with Crippen LogP contribution in [0.3, 0.4) is 0 Å². The normalized spacial score (nSPS) is 20.9. The lowest BCUT2D eigenvalue weighted by Crippen LogP contribution is -2.23. The van der Waals surface area contributed by atoms with Crippen LogP contribution in [0.25, 0.3) is 11.2 Å². The van der Waals surface area contributed by atoms with Gasteiger partial charge < -0.3 is 15.1 Å². The van der Waals surface area contributed by atoms with E-state index in [9.17, 15) is 0 Å². The fourth-order valence-electron chi connectivity index (χ4n) is 1.70. The Kier molecular flexibility index (Phi) is 1.99. The zero-order valence-electron chi connectivity index (χ0n) is 8.10. The molecule has 0 radical (unpaired) electrons. The Morgan fingerprint density at radius 2 is 2.47 bits per heavy atom. The summed E-state index contributed by atoms with van der Waals surface area (Å²) in [4.78, 5) is 12.3.